The van der Waals surface area contributed by atoms with Crippen LogP contribution in [-0.4, -0.2) is 23.3 Å². The number of piperidine rings is 1. The van der Waals surface area contributed by atoms with E-state index >= 15 is 0 Å². The molecular weight excluding hydrogens is 352 g/mol. The summed E-state index contributed by atoms with van der Waals surface area (Å²) in [5.74, 6) is 0.660. The lowest BCUT2D eigenvalue weighted by atomic mass is 9.63. The summed E-state index contributed by atoms with van der Waals surface area (Å²) in [4.78, 5) is 0. The third-order valence-corrected chi connectivity index (χ3v) is 6.82. The van der Waals surface area contributed by atoms with Crippen LogP contribution in [0.25, 0.3) is 0 Å². The highest BCUT2D eigenvalue weighted by Gasteiger charge is 2.46. The van der Waals surface area contributed by atoms with Crippen molar-refractivity contribution in [2.45, 2.75) is 44.1 Å². The Hall–Kier alpha value is -2.87. The second-order valence-corrected chi connectivity index (χ2v) is 8.89. The van der Waals surface area contributed by atoms with Crippen LogP contribution in [0.1, 0.15) is 54.9 Å². The van der Waals surface area contributed by atoms with E-state index in [1.807, 2.05) is 0 Å². The van der Waals surface area contributed by atoms with E-state index in [4.69, 9.17) is 5.10 Å². The summed E-state index contributed by atoms with van der Waals surface area (Å²) in [6, 6.07) is 30.7. The van der Waals surface area contributed by atoms with Crippen molar-refractivity contribution >= 4 is 5.71 Å². The molecule has 0 N–H and O–H groups in total. The minimum Gasteiger partial charge on any atom is -0.292 e. The molecule has 3 aromatic rings. The Balaban J connectivity index is 1.59. The molecule has 146 valence electrons. The molecular formula is C27H28N2. The number of hydrogen-bond acceptors (Lipinski definition) is 2. The predicted octanol–water partition coefficient (Wildman–Crippen LogP) is 5.98. The molecule has 0 spiro atoms. The smallest absolute Gasteiger partial charge is 0.0976 e. The van der Waals surface area contributed by atoms with Crippen LogP contribution in [0.4, 0.5) is 0 Å². The Morgan fingerprint density at radius 2 is 1.41 bits per heavy atom. The average Bonchev–Trinajstić information content (AvgIpc) is 2.78. The van der Waals surface area contributed by atoms with Gasteiger partial charge in [0.15, 0.2) is 0 Å². The van der Waals surface area contributed by atoms with Gasteiger partial charge in [0.25, 0.3) is 0 Å². The van der Waals surface area contributed by atoms with Gasteiger partial charge in [0.2, 0.25) is 0 Å². The average molecular weight is 381 g/mol. The minimum absolute atomic E-state index is 0.0789. The Morgan fingerprint density at radius 1 is 0.828 bits per heavy atom. The molecule has 0 amide bonds. The zero-order valence-electron chi connectivity index (χ0n) is 17.3. The summed E-state index contributed by atoms with van der Waals surface area (Å²) in [6.07, 6.45) is 2.36. The van der Waals surface area contributed by atoms with Crippen LogP contribution in [0.5, 0.6) is 0 Å². The summed E-state index contributed by atoms with van der Waals surface area (Å²) in [6.45, 7) is 5.80. The van der Waals surface area contributed by atoms with E-state index in [-0.39, 0.29) is 5.41 Å². The molecule has 1 heterocycles. The number of hydrazone groups is 1. The van der Waals surface area contributed by atoms with E-state index in [0.717, 1.165) is 12.3 Å². The molecule has 2 heteroatoms. The molecule has 5 rings (SSSR count). The normalized spacial score (nSPS) is 21.9. The summed E-state index contributed by atoms with van der Waals surface area (Å²) in [5.41, 5.74) is 6.56. The Morgan fingerprint density at radius 3 is 2.07 bits per heavy atom. The van der Waals surface area contributed by atoms with Crippen molar-refractivity contribution < 1.29 is 0 Å². The van der Waals surface area contributed by atoms with Gasteiger partial charge in [-0.2, -0.15) is 5.10 Å². The minimum atomic E-state index is 0.0789. The first-order valence-corrected chi connectivity index (χ1v) is 10.7. The van der Waals surface area contributed by atoms with E-state index in [9.17, 15) is 0 Å². The van der Waals surface area contributed by atoms with Gasteiger partial charge in [-0.3, -0.25) is 5.01 Å². The molecule has 0 aromatic heterocycles. The third-order valence-electron chi connectivity index (χ3n) is 6.82. The third kappa shape index (κ3) is 3.17. The number of rotatable bonds is 3. The van der Waals surface area contributed by atoms with Crippen LogP contribution >= 0.6 is 0 Å². The lowest BCUT2D eigenvalue weighted by Crippen LogP contribution is -2.53. The van der Waals surface area contributed by atoms with Crippen molar-refractivity contribution in [1.29, 1.82) is 0 Å². The molecule has 1 aliphatic carbocycles. The molecule has 2 bridgehead atoms. The molecule has 1 aliphatic heterocycles. The van der Waals surface area contributed by atoms with Gasteiger partial charge in [-0.25, -0.2) is 0 Å². The molecule has 3 aromatic carbocycles. The molecule has 1 saturated heterocycles. The number of hydrogen-bond donors (Lipinski definition) is 0. The second kappa shape index (κ2) is 7.18. The van der Waals surface area contributed by atoms with Gasteiger partial charge in [-0.15, -0.1) is 0 Å². The molecule has 1 fully saturated rings. The van der Waals surface area contributed by atoms with Gasteiger partial charge in [0, 0.05) is 23.1 Å². The van der Waals surface area contributed by atoms with Gasteiger partial charge in [0.1, 0.15) is 0 Å². The summed E-state index contributed by atoms with van der Waals surface area (Å²) >= 11 is 0. The first kappa shape index (κ1) is 18.2. The Kier molecular flexibility index (Phi) is 4.50. The van der Waals surface area contributed by atoms with Gasteiger partial charge in [-0.05, 0) is 29.9 Å². The largest absolute Gasteiger partial charge is 0.292 e. The lowest BCUT2D eigenvalue weighted by Gasteiger charge is -2.51. The number of nitrogens with zero attached hydrogens (tertiary/aromatic N) is 2. The fraction of sp³-hybridized carbons (Fsp3) is 0.296. The van der Waals surface area contributed by atoms with E-state index in [2.05, 4.69) is 104 Å². The van der Waals surface area contributed by atoms with Crippen LogP contribution in [-0.2, 0) is 5.41 Å². The standard InChI is InChI=1S/C27H28N2/c1-27(2)24-16-10-9-15-23(24)22-17-18-29(25(27)19-22)28-26(20-11-5-3-6-12-20)21-13-7-4-8-14-21/h3-16,22,25H,17-19H2,1-2H3. The first-order chi connectivity index (χ1) is 14.1. The molecule has 2 atom stereocenters. The maximum absolute atomic E-state index is 5.32. The number of benzene rings is 3. The van der Waals surface area contributed by atoms with Gasteiger partial charge < -0.3 is 0 Å². The summed E-state index contributed by atoms with van der Waals surface area (Å²) < 4.78 is 0. The van der Waals surface area contributed by atoms with Crippen LogP contribution in [0.3, 0.4) is 0 Å². The highest BCUT2D eigenvalue weighted by Crippen LogP contribution is 2.48. The molecule has 0 saturated carbocycles. The fourth-order valence-corrected chi connectivity index (χ4v) is 5.24. The molecule has 29 heavy (non-hydrogen) atoms. The van der Waals surface area contributed by atoms with E-state index in [1.165, 1.54) is 29.5 Å². The Bertz CT molecular complexity index is 979. The van der Waals surface area contributed by atoms with Crippen LogP contribution < -0.4 is 0 Å². The van der Waals surface area contributed by atoms with Crippen molar-refractivity contribution in [3.63, 3.8) is 0 Å². The quantitative estimate of drug-likeness (QED) is 0.511. The summed E-state index contributed by atoms with van der Waals surface area (Å²) in [5, 5.41) is 7.71. The van der Waals surface area contributed by atoms with Crippen molar-refractivity contribution in [2.24, 2.45) is 5.10 Å². The molecule has 2 unspecified atom stereocenters. The SMILES string of the molecule is CC1(C)c2ccccc2C2CCN(N=C(c3ccccc3)c3ccccc3)C1C2. The van der Waals surface area contributed by atoms with Crippen LogP contribution in [0, 0.1) is 0 Å². The Labute approximate surface area is 173 Å². The maximum atomic E-state index is 5.32. The first-order valence-electron chi connectivity index (χ1n) is 10.7. The fourth-order valence-electron chi connectivity index (χ4n) is 5.24. The lowest BCUT2D eigenvalue weighted by molar-refractivity contribution is 0.0726. The highest BCUT2D eigenvalue weighted by molar-refractivity contribution is 6.12. The highest BCUT2D eigenvalue weighted by atomic mass is 15.5. The van der Waals surface area contributed by atoms with Crippen molar-refractivity contribution in [2.75, 3.05) is 6.54 Å². The van der Waals surface area contributed by atoms with Gasteiger partial charge in [0.05, 0.1) is 11.8 Å². The van der Waals surface area contributed by atoms with Gasteiger partial charge >= 0.3 is 0 Å². The zero-order chi connectivity index (χ0) is 19.8. The molecule has 0 radical (unpaired) electrons. The van der Waals surface area contributed by atoms with Crippen molar-refractivity contribution in [1.82, 2.24) is 5.01 Å². The van der Waals surface area contributed by atoms with E-state index < -0.39 is 0 Å². The zero-order valence-corrected chi connectivity index (χ0v) is 17.3. The van der Waals surface area contributed by atoms with Crippen molar-refractivity contribution in [3.05, 3.63) is 107 Å². The maximum Gasteiger partial charge on any atom is 0.0976 e. The molecule has 2 nitrogen and oxygen atoms in total. The van der Waals surface area contributed by atoms with Gasteiger partial charge in [-0.1, -0.05) is 98.8 Å². The monoisotopic (exact) mass is 380 g/mol. The number of fused-ring (bicyclic) bond motifs is 4. The van der Waals surface area contributed by atoms with Crippen LogP contribution in [0.15, 0.2) is 90.0 Å². The predicted molar refractivity (Wildman–Crippen MR) is 120 cm³/mol. The van der Waals surface area contributed by atoms with Crippen molar-refractivity contribution in [3.8, 4) is 0 Å². The topological polar surface area (TPSA) is 15.6 Å². The second-order valence-electron chi connectivity index (χ2n) is 8.89. The van der Waals surface area contributed by atoms with E-state index in [0.29, 0.717) is 12.0 Å². The van der Waals surface area contributed by atoms with Crippen LogP contribution in [0.2, 0.25) is 0 Å². The van der Waals surface area contributed by atoms with E-state index in [1.54, 1.807) is 5.56 Å². The molecule has 2 aliphatic rings. The summed E-state index contributed by atoms with van der Waals surface area (Å²) in [7, 11) is 0.